The van der Waals surface area contributed by atoms with Gasteiger partial charge in [0, 0.05) is 5.92 Å². The molecule has 23 heavy (non-hydrogen) atoms. The number of fused-ring (bicyclic) bond motifs is 1. The van der Waals surface area contributed by atoms with E-state index in [-0.39, 0.29) is 12.2 Å². The summed E-state index contributed by atoms with van der Waals surface area (Å²) in [6.07, 6.45) is 1.64. The molecule has 1 saturated heterocycles. The van der Waals surface area contributed by atoms with Crippen molar-refractivity contribution in [2.45, 2.75) is 37.9 Å². The molecule has 3 nitrogen and oxygen atoms in total. The predicted octanol–water partition coefficient (Wildman–Crippen LogP) is 3.58. The van der Waals surface area contributed by atoms with Gasteiger partial charge in [-0.25, -0.2) is 0 Å². The van der Waals surface area contributed by atoms with Crippen molar-refractivity contribution in [2.24, 2.45) is 5.92 Å². The van der Waals surface area contributed by atoms with E-state index >= 15 is 0 Å². The summed E-state index contributed by atoms with van der Waals surface area (Å²) in [7, 11) is 0. The lowest BCUT2D eigenvalue weighted by atomic mass is 10.1. The van der Waals surface area contributed by atoms with E-state index in [2.05, 4.69) is 24.3 Å². The third-order valence-electron chi connectivity index (χ3n) is 4.63. The maximum Gasteiger partial charge on any atom is 0.108 e. The van der Waals surface area contributed by atoms with Crippen LogP contribution in [0, 0.1) is 5.92 Å². The number of hydrogen-bond acceptors (Lipinski definition) is 3. The summed E-state index contributed by atoms with van der Waals surface area (Å²) < 4.78 is 18.2. The first kappa shape index (κ1) is 14.9. The Balaban J connectivity index is 1.36. The second-order valence-corrected chi connectivity index (χ2v) is 6.37. The van der Waals surface area contributed by atoms with Gasteiger partial charge in [0.05, 0.1) is 32.0 Å². The van der Waals surface area contributed by atoms with Crippen molar-refractivity contribution in [3.05, 3.63) is 71.8 Å². The Kier molecular flexibility index (Phi) is 4.42. The molecule has 0 amide bonds. The average Bonchev–Trinajstić information content (AvgIpc) is 3.40. The van der Waals surface area contributed by atoms with Gasteiger partial charge in [-0.3, -0.25) is 0 Å². The Bertz CT molecular complexity index is 613. The summed E-state index contributed by atoms with van der Waals surface area (Å²) >= 11 is 0. The molecule has 0 bridgehead atoms. The maximum atomic E-state index is 6.22. The third kappa shape index (κ3) is 3.63. The van der Waals surface area contributed by atoms with Crippen molar-refractivity contribution in [3.8, 4) is 0 Å². The van der Waals surface area contributed by atoms with Crippen molar-refractivity contribution < 1.29 is 14.2 Å². The van der Waals surface area contributed by atoms with Crippen LogP contribution < -0.4 is 0 Å². The van der Waals surface area contributed by atoms with Crippen LogP contribution >= 0.6 is 0 Å². The quantitative estimate of drug-likeness (QED) is 0.816. The molecule has 0 spiro atoms. The van der Waals surface area contributed by atoms with E-state index < -0.39 is 0 Å². The van der Waals surface area contributed by atoms with Crippen LogP contribution in [0.4, 0.5) is 0 Å². The summed E-state index contributed by atoms with van der Waals surface area (Å²) in [6, 6.07) is 20.6. The van der Waals surface area contributed by atoms with Gasteiger partial charge in [-0.05, 0) is 17.5 Å². The van der Waals surface area contributed by atoms with Gasteiger partial charge in [0.1, 0.15) is 6.10 Å². The average molecular weight is 310 g/mol. The molecular formula is C20H22O3. The zero-order valence-electron chi connectivity index (χ0n) is 13.1. The second-order valence-electron chi connectivity index (χ2n) is 6.37. The Hall–Kier alpha value is -1.68. The van der Waals surface area contributed by atoms with Gasteiger partial charge in [0.25, 0.3) is 0 Å². The number of rotatable bonds is 6. The Morgan fingerprint density at radius 3 is 2.09 bits per heavy atom. The zero-order valence-corrected chi connectivity index (χ0v) is 13.1. The van der Waals surface area contributed by atoms with Crippen LogP contribution in [0.5, 0.6) is 0 Å². The fraction of sp³-hybridized carbons (Fsp3) is 0.400. The normalized spacial score (nSPS) is 29.0. The van der Waals surface area contributed by atoms with Crippen LogP contribution in [0.15, 0.2) is 60.7 Å². The monoisotopic (exact) mass is 310 g/mol. The highest BCUT2D eigenvalue weighted by Crippen LogP contribution is 2.44. The lowest BCUT2D eigenvalue weighted by Gasteiger charge is -2.31. The van der Waals surface area contributed by atoms with E-state index in [1.807, 2.05) is 36.4 Å². The fourth-order valence-corrected chi connectivity index (χ4v) is 3.23. The molecule has 0 aromatic heterocycles. The van der Waals surface area contributed by atoms with Crippen LogP contribution in [-0.2, 0) is 27.4 Å². The predicted molar refractivity (Wildman–Crippen MR) is 87.9 cm³/mol. The largest absolute Gasteiger partial charge is 0.375 e. The highest BCUT2D eigenvalue weighted by Gasteiger charge is 2.52. The van der Waals surface area contributed by atoms with E-state index in [1.165, 1.54) is 11.1 Å². The lowest BCUT2D eigenvalue weighted by molar-refractivity contribution is -0.152. The minimum Gasteiger partial charge on any atom is -0.375 e. The topological polar surface area (TPSA) is 27.7 Å². The molecule has 2 aromatic carbocycles. The molecule has 4 rings (SSSR count). The van der Waals surface area contributed by atoms with E-state index in [0.29, 0.717) is 31.8 Å². The minimum absolute atomic E-state index is 0.0164. The molecule has 1 aliphatic carbocycles. The minimum atomic E-state index is 0.0164. The molecular weight excluding hydrogens is 288 g/mol. The van der Waals surface area contributed by atoms with Gasteiger partial charge in [-0.2, -0.15) is 0 Å². The van der Waals surface area contributed by atoms with Crippen LogP contribution in [0.2, 0.25) is 0 Å². The fourth-order valence-electron chi connectivity index (χ4n) is 3.23. The summed E-state index contributed by atoms with van der Waals surface area (Å²) in [4.78, 5) is 0. The van der Waals surface area contributed by atoms with E-state index in [9.17, 15) is 0 Å². The van der Waals surface area contributed by atoms with Crippen molar-refractivity contribution in [1.29, 1.82) is 0 Å². The summed E-state index contributed by atoms with van der Waals surface area (Å²) in [5.74, 6) is 0.494. The standard InChI is InChI=1S/C20H22O3/c1-3-7-15(8-4-1)12-21-19-14-22-18-11-17(18)20(19)23-13-16-9-5-2-6-10-16/h1-10,17-20H,11-14H2/t17-,18+,19+,20-/m0/s1. The van der Waals surface area contributed by atoms with E-state index in [4.69, 9.17) is 14.2 Å². The lowest BCUT2D eigenvalue weighted by Crippen LogP contribution is -2.41. The van der Waals surface area contributed by atoms with E-state index in [1.54, 1.807) is 0 Å². The van der Waals surface area contributed by atoms with Crippen LogP contribution in [0.1, 0.15) is 17.5 Å². The van der Waals surface area contributed by atoms with Crippen LogP contribution in [-0.4, -0.2) is 24.9 Å². The maximum absolute atomic E-state index is 6.22. The van der Waals surface area contributed by atoms with Crippen molar-refractivity contribution in [3.63, 3.8) is 0 Å². The molecule has 120 valence electrons. The Morgan fingerprint density at radius 2 is 1.43 bits per heavy atom. The SMILES string of the molecule is c1ccc(CO[C@H]2[C@H]3C[C@H]3OC[C@H]2OCc2ccccc2)cc1. The molecule has 1 saturated carbocycles. The molecule has 1 heterocycles. The van der Waals surface area contributed by atoms with Crippen LogP contribution in [0.3, 0.4) is 0 Å². The first-order valence-corrected chi connectivity index (χ1v) is 8.33. The molecule has 0 unspecified atom stereocenters. The second kappa shape index (κ2) is 6.83. The molecule has 2 aliphatic rings. The van der Waals surface area contributed by atoms with Gasteiger partial charge in [0.2, 0.25) is 0 Å². The summed E-state index contributed by atoms with van der Waals surface area (Å²) in [6.45, 7) is 1.88. The molecule has 4 atom stereocenters. The van der Waals surface area contributed by atoms with Crippen molar-refractivity contribution >= 4 is 0 Å². The number of hydrogen-bond donors (Lipinski definition) is 0. The Labute approximate surface area is 137 Å². The van der Waals surface area contributed by atoms with Gasteiger partial charge >= 0.3 is 0 Å². The summed E-state index contributed by atoms with van der Waals surface area (Å²) in [5.41, 5.74) is 2.39. The smallest absolute Gasteiger partial charge is 0.108 e. The van der Waals surface area contributed by atoms with Gasteiger partial charge in [0.15, 0.2) is 0 Å². The van der Waals surface area contributed by atoms with E-state index in [0.717, 1.165) is 6.42 Å². The third-order valence-corrected chi connectivity index (χ3v) is 4.63. The molecule has 2 aromatic rings. The van der Waals surface area contributed by atoms with Crippen molar-refractivity contribution in [2.75, 3.05) is 6.61 Å². The molecule has 3 heteroatoms. The van der Waals surface area contributed by atoms with Crippen molar-refractivity contribution in [1.82, 2.24) is 0 Å². The highest BCUT2D eigenvalue weighted by atomic mass is 16.6. The first-order chi connectivity index (χ1) is 11.4. The molecule has 0 radical (unpaired) electrons. The zero-order chi connectivity index (χ0) is 15.5. The van der Waals surface area contributed by atoms with Gasteiger partial charge in [-0.1, -0.05) is 60.7 Å². The first-order valence-electron chi connectivity index (χ1n) is 8.33. The molecule has 1 aliphatic heterocycles. The highest BCUT2D eigenvalue weighted by molar-refractivity contribution is 5.14. The molecule has 2 fully saturated rings. The van der Waals surface area contributed by atoms with Crippen LogP contribution in [0.25, 0.3) is 0 Å². The molecule has 0 N–H and O–H groups in total. The summed E-state index contributed by atoms with van der Waals surface area (Å²) in [5, 5.41) is 0. The number of ether oxygens (including phenoxy) is 3. The van der Waals surface area contributed by atoms with Gasteiger partial charge < -0.3 is 14.2 Å². The van der Waals surface area contributed by atoms with Gasteiger partial charge in [-0.15, -0.1) is 0 Å². The Morgan fingerprint density at radius 1 is 0.826 bits per heavy atom. The number of benzene rings is 2.